The van der Waals surface area contributed by atoms with Crippen LogP contribution < -0.4 is 4.90 Å². The molecular formula is C21H14ClN3O3. The minimum Gasteiger partial charge on any atom is -0.507 e. The van der Waals surface area contributed by atoms with E-state index in [1.165, 1.54) is 17.3 Å². The van der Waals surface area contributed by atoms with Gasteiger partial charge in [-0.15, -0.1) is 0 Å². The molecular weight excluding hydrogens is 378 g/mol. The molecule has 0 saturated carbocycles. The quantitative estimate of drug-likeness (QED) is 0.417. The van der Waals surface area contributed by atoms with Gasteiger partial charge in [0.25, 0.3) is 5.78 Å². The van der Waals surface area contributed by atoms with Crippen LogP contribution in [0.3, 0.4) is 0 Å². The Bertz CT molecular complexity index is 1070. The zero-order valence-corrected chi connectivity index (χ0v) is 15.2. The Morgan fingerprint density at radius 3 is 2.21 bits per heavy atom. The van der Waals surface area contributed by atoms with Crippen molar-refractivity contribution in [3.63, 3.8) is 0 Å². The molecule has 4 rings (SSSR count). The average molecular weight is 392 g/mol. The van der Waals surface area contributed by atoms with E-state index in [1.807, 2.05) is 0 Å². The molecule has 28 heavy (non-hydrogen) atoms. The van der Waals surface area contributed by atoms with Gasteiger partial charge in [0.2, 0.25) is 5.95 Å². The first-order chi connectivity index (χ1) is 13.6. The van der Waals surface area contributed by atoms with Gasteiger partial charge in [-0.2, -0.15) is 0 Å². The fourth-order valence-electron chi connectivity index (χ4n) is 3.17. The second-order valence-electron chi connectivity index (χ2n) is 6.14. The van der Waals surface area contributed by atoms with E-state index < -0.39 is 17.7 Å². The van der Waals surface area contributed by atoms with Gasteiger partial charge in [0.05, 0.1) is 11.6 Å². The van der Waals surface area contributed by atoms with Crippen LogP contribution in [0, 0.1) is 0 Å². The number of hydrogen-bond donors (Lipinski definition) is 1. The van der Waals surface area contributed by atoms with Gasteiger partial charge in [-0.05, 0) is 23.8 Å². The van der Waals surface area contributed by atoms with E-state index >= 15 is 0 Å². The maximum Gasteiger partial charge on any atom is 0.302 e. The van der Waals surface area contributed by atoms with Gasteiger partial charge >= 0.3 is 5.91 Å². The summed E-state index contributed by atoms with van der Waals surface area (Å²) in [5.41, 5.74) is 1.02. The Morgan fingerprint density at radius 1 is 0.929 bits per heavy atom. The van der Waals surface area contributed by atoms with Crippen LogP contribution in [0.1, 0.15) is 17.2 Å². The molecule has 2 heterocycles. The minimum absolute atomic E-state index is 0.0222. The van der Waals surface area contributed by atoms with Crippen molar-refractivity contribution in [1.29, 1.82) is 0 Å². The van der Waals surface area contributed by atoms with Crippen LogP contribution in [0.2, 0.25) is 5.02 Å². The van der Waals surface area contributed by atoms with E-state index in [2.05, 4.69) is 9.97 Å². The molecule has 1 N–H and O–H groups in total. The van der Waals surface area contributed by atoms with Crippen LogP contribution >= 0.6 is 11.6 Å². The lowest BCUT2D eigenvalue weighted by atomic mass is 9.95. The largest absolute Gasteiger partial charge is 0.507 e. The number of amides is 1. The molecule has 3 aromatic rings. The Kier molecular flexibility index (Phi) is 4.63. The summed E-state index contributed by atoms with van der Waals surface area (Å²) in [6, 6.07) is 16.1. The number of halogens is 1. The number of hydrogen-bond acceptors (Lipinski definition) is 5. The second-order valence-corrected chi connectivity index (χ2v) is 6.57. The zero-order chi connectivity index (χ0) is 19.7. The number of rotatable bonds is 3. The molecule has 1 unspecified atom stereocenters. The fraction of sp³-hybridized carbons (Fsp3) is 0.0476. The van der Waals surface area contributed by atoms with Gasteiger partial charge in [0.1, 0.15) is 5.76 Å². The number of aromatic nitrogens is 2. The highest BCUT2D eigenvalue weighted by molar-refractivity contribution is 6.51. The zero-order valence-electron chi connectivity index (χ0n) is 14.5. The molecule has 1 saturated heterocycles. The SMILES string of the molecule is O=C1C(=O)N(c2ncccn2)C(c2ccc(Cl)cc2)C1=C(O)c1ccccc1. The Morgan fingerprint density at radius 2 is 1.57 bits per heavy atom. The summed E-state index contributed by atoms with van der Waals surface area (Å²) in [6.07, 6.45) is 2.97. The smallest absolute Gasteiger partial charge is 0.302 e. The first kappa shape index (κ1) is 17.9. The van der Waals surface area contributed by atoms with Gasteiger partial charge in [-0.25, -0.2) is 9.97 Å². The Hall–Kier alpha value is -3.51. The molecule has 1 atom stereocenters. The predicted octanol–water partition coefficient (Wildman–Crippen LogP) is 3.76. The monoisotopic (exact) mass is 391 g/mol. The van der Waals surface area contributed by atoms with Gasteiger partial charge < -0.3 is 5.11 Å². The van der Waals surface area contributed by atoms with E-state index in [0.29, 0.717) is 16.1 Å². The lowest BCUT2D eigenvalue weighted by Crippen LogP contribution is -2.31. The van der Waals surface area contributed by atoms with E-state index in [1.54, 1.807) is 60.7 Å². The first-order valence-electron chi connectivity index (χ1n) is 8.47. The lowest BCUT2D eigenvalue weighted by molar-refractivity contribution is -0.132. The molecule has 138 valence electrons. The summed E-state index contributed by atoms with van der Waals surface area (Å²) >= 11 is 5.99. The van der Waals surface area contributed by atoms with Crippen LogP contribution in [0.4, 0.5) is 5.95 Å². The molecule has 1 aromatic heterocycles. The van der Waals surface area contributed by atoms with E-state index in [-0.39, 0.29) is 17.3 Å². The fourth-order valence-corrected chi connectivity index (χ4v) is 3.29. The number of nitrogens with zero attached hydrogens (tertiary/aromatic N) is 3. The molecule has 6 nitrogen and oxygen atoms in total. The number of carbonyl (C=O) groups is 2. The summed E-state index contributed by atoms with van der Waals surface area (Å²) in [4.78, 5) is 35.1. The van der Waals surface area contributed by atoms with Crippen molar-refractivity contribution >= 4 is 35.0 Å². The van der Waals surface area contributed by atoms with Crippen LogP contribution in [0.15, 0.2) is 78.6 Å². The number of ketones is 1. The highest BCUT2D eigenvalue weighted by Gasteiger charge is 2.48. The second kappa shape index (κ2) is 7.25. The van der Waals surface area contributed by atoms with Crippen molar-refractivity contribution in [3.8, 4) is 0 Å². The van der Waals surface area contributed by atoms with Crippen molar-refractivity contribution in [2.24, 2.45) is 0 Å². The molecule has 1 amide bonds. The first-order valence-corrected chi connectivity index (χ1v) is 8.84. The highest BCUT2D eigenvalue weighted by Crippen LogP contribution is 2.41. The highest BCUT2D eigenvalue weighted by atomic mass is 35.5. The molecule has 0 spiro atoms. The van der Waals surface area contributed by atoms with E-state index in [9.17, 15) is 14.7 Å². The Labute approximate surface area is 165 Å². The third-order valence-corrected chi connectivity index (χ3v) is 4.70. The van der Waals surface area contributed by atoms with Gasteiger partial charge in [-0.3, -0.25) is 14.5 Å². The molecule has 1 aliphatic heterocycles. The summed E-state index contributed by atoms with van der Waals surface area (Å²) in [6.45, 7) is 0. The van der Waals surface area contributed by atoms with Crippen LogP contribution in [-0.4, -0.2) is 26.8 Å². The summed E-state index contributed by atoms with van der Waals surface area (Å²) in [5.74, 6) is -1.77. The van der Waals surface area contributed by atoms with Gasteiger partial charge in [0, 0.05) is 23.0 Å². The number of aliphatic hydroxyl groups excluding tert-OH is 1. The summed E-state index contributed by atoms with van der Waals surface area (Å²) < 4.78 is 0. The molecule has 1 fully saturated rings. The lowest BCUT2D eigenvalue weighted by Gasteiger charge is -2.23. The standard InChI is InChI=1S/C21H14ClN3O3/c22-15-9-7-13(8-10-15)17-16(18(26)14-5-2-1-3-6-14)19(27)20(28)25(17)21-23-11-4-12-24-21/h1-12,17,26H. The van der Waals surface area contributed by atoms with E-state index in [0.717, 1.165) is 0 Å². The molecule has 7 heteroatoms. The summed E-state index contributed by atoms with van der Waals surface area (Å²) in [7, 11) is 0. The topological polar surface area (TPSA) is 83.4 Å². The summed E-state index contributed by atoms with van der Waals surface area (Å²) in [5, 5.41) is 11.4. The number of benzene rings is 2. The van der Waals surface area contributed by atoms with Crippen molar-refractivity contribution in [2.45, 2.75) is 6.04 Å². The van der Waals surface area contributed by atoms with Crippen LogP contribution in [0.25, 0.3) is 5.76 Å². The number of aliphatic hydroxyl groups is 1. The molecule has 1 aliphatic rings. The van der Waals surface area contributed by atoms with Gasteiger partial charge in [-0.1, -0.05) is 54.1 Å². The number of carbonyl (C=O) groups excluding carboxylic acids is 2. The van der Waals surface area contributed by atoms with Crippen LogP contribution in [-0.2, 0) is 9.59 Å². The normalized spacial score (nSPS) is 18.5. The number of anilines is 1. The Balaban J connectivity index is 1.95. The van der Waals surface area contributed by atoms with Crippen molar-refractivity contribution in [1.82, 2.24) is 9.97 Å². The molecule has 2 aromatic carbocycles. The van der Waals surface area contributed by atoms with Gasteiger partial charge in [0.15, 0.2) is 0 Å². The average Bonchev–Trinajstić information content (AvgIpc) is 3.00. The molecule has 0 bridgehead atoms. The van der Waals surface area contributed by atoms with Crippen molar-refractivity contribution in [3.05, 3.63) is 94.8 Å². The third-order valence-electron chi connectivity index (χ3n) is 4.45. The van der Waals surface area contributed by atoms with Crippen molar-refractivity contribution < 1.29 is 14.7 Å². The van der Waals surface area contributed by atoms with Crippen molar-refractivity contribution in [2.75, 3.05) is 4.90 Å². The molecule has 0 radical (unpaired) electrons. The maximum absolute atomic E-state index is 12.9. The predicted molar refractivity (Wildman–Crippen MR) is 105 cm³/mol. The number of Topliss-reactive ketones (excluding diaryl/α,β-unsaturated/α-hetero) is 1. The van der Waals surface area contributed by atoms with Crippen LogP contribution in [0.5, 0.6) is 0 Å². The van der Waals surface area contributed by atoms with E-state index in [4.69, 9.17) is 11.6 Å². The maximum atomic E-state index is 12.9. The molecule has 0 aliphatic carbocycles. The third kappa shape index (κ3) is 3.04. The minimum atomic E-state index is -0.875.